The molecule has 0 N–H and O–H groups in total. The Labute approximate surface area is 73.8 Å². The molecular formula is C11H16O. The smallest absolute Gasteiger partial charge is 0.133 e. The summed E-state index contributed by atoms with van der Waals surface area (Å²) >= 11 is 0. The van der Waals surface area contributed by atoms with E-state index in [4.69, 9.17) is 0 Å². The van der Waals surface area contributed by atoms with E-state index in [-0.39, 0.29) is 0 Å². The Morgan fingerprint density at radius 2 is 1.75 bits per heavy atom. The molecule has 0 atom stereocenters. The monoisotopic (exact) mass is 164 g/mol. The second kappa shape index (κ2) is 3.04. The van der Waals surface area contributed by atoms with E-state index in [1.54, 1.807) is 0 Å². The molecule has 1 heteroatoms. The number of ketones is 1. The van der Waals surface area contributed by atoms with Crippen LogP contribution in [0, 0.1) is 5.41 Å². The van der Waals surface area contributed by atoms with E-state index < -0.39 is 0 Å². The number of Topliss-reactive ketones (excluding diaryl/α,β-unsaturated/α-hetero) is 1. The summed E-state index contributed by atoms with van der Waals surface area (Å²) in [6.45, 7) is 0. The number of carbonyl (C=O) groups is 1. The average Bonchev–Trinajstić information content (AvgIpc) is 2.30. The van der Waals surface area contributed by atoms with Crippen molar-refractivity contribution in [2.45, 2.75) is 44.9 Å². The zero-order chi connectivity index (χ0) is 8.44. The van der Waals surface area contributed by atoms with Crippen LogP contribution in [0.15, 0.2) is 12.2 Å². The number of hydrogen-bond acceptors (Lipinski definition) is 1. The Kier molecular flexibility index (Phi) is 2.03. The van der Waals surface area contributed by atoms with Crippen LogP contribution in [0.4, 0.5) is 0 Å². The predicted octanol–water partition coefficient (Wildman–Crippen LogP) is 2.86. The van der Waals surface area contributed by atoms with E-state index >= 15 is 0 Å². The molecule has 1 spiro atoms. The van der Waals surface area contributed by atoms with Crippen molar-refractivity contribution in [1.82, 2.24) is 0 Å². The van der Waals surface area contributed by atoms with Crippen LogP contribution in [0.1, 0.15) is 44.9 Å². The van der Waals surface area contributed by atoms with Crippen molar-refractivity contribution in [3.05, 3.63) is 12.2 Å². The fraction of sp³-hybridized carbons (Fsp3) is 0.727. The number of carbonyl (C=O) groups excluding carboxylic acids is 1. The number of allylic oxidation sites excluding steroid dienone is 2. The summed E-state index contributed by atoms with van der Waals surface area (Å²) in [5.41, 5.74) is 0.417. The first-order valence-electron chi connectivity index (χ1n) is 4.98. The molecule has 1 saturated carbocycles. The van der Waals surface area contributed by atoms with Gasteiger partial charge in [-0.25, -0.2) is 0 Å². The van der Waals surface area contributed by atoms with Crippen LogP contribution in [0.3, 0.4) is 0 Å². The van der Waals surface area contributed by atoms with Crippen molar-refractivity contribution in [2.75, 3.05) is 0 Å². The third-order valence-electron chi connectivity index (χ3n) is 3.36. The van der Waals surface area contributed by atoms with Gasteiger partial charge in [0.2, 0.25) is 0 Å². The summed E-state index contributed by atoms with van der Waals surface area (Å²) in [6.07, 6.45) is 12.3. The summed E-state index contributed by atoms with van der Waals surface area (Å²) in [4.78, 5) is 11.2. The third kappa shape index (κ3) is 1.45. The van der Waals surface area contributed by atoms with Gasteiger partial charge in [-0.3, -0.25) is 4.79 Å². The Bertz CT molecular complexity index is 205. The highest BCUT2D eigenvalue weighted by molar-refractivity contribution is 5.81. The molecule has 2 aliphatic carbocycles. The van der Waals surface area contributed by atoms with Crippen molar-refractivity contribution in [1.29, 1.82) is 0 Å². The van der Waals surface area contributed by atoms with Gasteiger partial charge in [0.25, 0.3) is 0 Å². The summed E-state index contributed by atoms with van der Waals surface area (Å²) in [5.74, 6) is 0.497. The maximum absolute atomic E-state index is 11.2. The minimum atomic E-state index is 0.417. The largest absolute Gasteiger partial charge is 0.300 e. The van der Waals surface area contributed by atoms with Gasteiger partial charge >= 0.3 is 0 Å². The van der Waals surface area contributed by atoms with Crippen LogP contribution in [0.25, 0.3) is 0 Å². The van der Waals surface area contributed by atoms with Crippen LogP contribution in [0.5, 0.6) is 0 Å². The molecule has 0 amide bonds. The van der Waals surface area contributed by atoms with Crippen LogP contribution in [0.2, 0.25) is 0 Å². The molecule has 0 aliphatic heterocycles. The van der Waals surface area contributed by atoms with Crippen LogP contribution < -0.4 is 0 Å². The predicted molar refractivity (Wildman–Crippen MR) is 48.9 cm³/mol. The average molecular weight is 164 g/mol. The summed E-state index contributed by atoms with van der Waals surface area (Å²) in [7, 11) is 0. The van der Waals surface area contributed by atoms with Gasteiger partial charge in [0.05, 0.1) is 0 Å². The fourth-order valence-electron chi connectivity index (χ4n) is 2.57. The van der Waals surface area contributed by atoms with Crippen molar-refractivity contribution in [3.63, 3.8) is 0 Å². The van der Waals surface area contributed by atoms with E-state index in [0.717, 1.165) is 19.3 Å². The summed E-state index contributed by atoms with van der Waals surface area (Å²) in [6, 6.07) is 0. The Morgan fingerprint density at radius 3 is 2.25 bits per heavy atom. The van der Waals surface area contributed by atoms with Gasteiger partial charge in [0, 0.05) is 12.8 Å². The normalized spacial score (nSPS) is 27.8. The topological polar surface area (TPSA) is 17.1 Å². The van der Waals surface area contributed by atoms with Crippen molar-refractivity contribution >= 4 is 5.78 Å². The van der Waals surface area contributed by atoms with Gasteiger partial charge in [-0.15, -0.1) is 0 Å². The van der Waals surface area contributed by atoms with Gasteiger partial charge in [-0.1, -0.05) is 12.2 Å². The van der Waals surface area contributed by atoms with Crippen LogP contribution in [-0.4, -0.2) is 5.78 Å². The molecule has 0 aromatic heterocycles. The number of hydrogen-bond donors (Lipinski definition) is 0. The molecule has 2 aliphatic rings. The molecule has 1 fully saturated rings. The van der Waals surface area contributed by atoms with Crippen LogP contribution in [-0.2, 0) is 4.79 Å². The van der Waals surface area contributed by atoms with E-state index in [9.17, 15) is 4.79 Å². The van der Waals surface area contributed by atoms with Gasteiger partial charge in [-0.05, 0) is 37.5 Å². The molecule has 0 bridgehead atoms. The summed E-state index contributed by atoms with van der Waals surface area (Å²) < 4.78 is 0. The highest BCUT2D eigenvalue weighted by atomic mass is 16.1. The van der Waals surface area contributed by atoms with E-state index in [0.29, 0.717) is 11.2 Å². The van der Waals surface area contributed by atoms with Gasteiger partial charge in [-0.2, -0.15) is 0 Å². The molecule has 0 saturated heterocycles. The van der Waals surface area contributed by atoms with Gasteiger partial charge in [0.15, 0.2) is 0 Å². The zero-order valence-corrected chi connectivity index (χ0v) is 7.51. The quantitative estimate of drug-likeness (QED) is 0.503. The Hall–Kier alpha value is -0.590. The van der Waals surface area contributed by atoms with Gasteiger partial charge < -0.3 is 0 Å². The maximum atomic E-state index is 11.2. The van der Waals surface area contributed by atoms with E-state index in [1.807, 2.05) is 0 Å². The Morgan fingerprint density at radius 1 is 1.08 bits per heavy atom. The molecule has 0 aromatic rings. The van der Waals surface area contributed by atoms with Crippen molar-refractivity contribution in [2.24, 2.45) is 5.41 Å². The lowest BCUT2D eigenvalue weighted by molar-refractivity contribution is -0.118. The van der Waals surface area contributed by atoms with Crippen molar-refractivity contribution < 1.29 is 4.79 Å². The molecule has 1 nitrogen and oxygen atoms in total. The molecule has 2 rings (SSSR count). The lowest BCUT2D eigenvalue weighted by atomic mass is 9.79. The molecule has 0 unspecified atom stereocenters. The first kappa shape index (κ1) is 8.03. The molecular weight excluding hydrogens is 148 g/mol. The first-order chi connectivity index (χ1) is 5.81. The molecule has 0 aromatic carbocycles. The fourth-order valence-corrected chi connectivity index (χ4v) is 2.57. The zero-order valence-electron chi connectivity index (χ0n) is 7.51. The first-order valence-corrected chi connectivity index (χ1v) is 4.98. The third-order valence-corrected chi connectivity index (χ3v) is 3.36. The standard InChI is InChI=1S/C11H16O/c12-10-5-8-11(9-10)6-3-1-2-4-7-11/h1-2H,3-9H2. The minimum Gasteiger partial charge on any atom is -0.300 e. The van der Waals surface area contributed by atoms with E-state index in [1.165, 1.54) is 25.7 Å². The van der Waals surface area contributed by atoms with Crippen molar-refractivity contribution in [3.8, 4) is 0 Å². The number of rotatable bonds is 0. The summed E-state index contributed by atoms with van der Waals surface area (Å²) in [5, 5.41) is 0. The molecule has 12 heavy (non-hydrogen) atoms. The minimum absolute atomic E-state index is 0.417. The lowest BCUT2D eigenvalue weighted by Gasteiger charge is -2.25. The lowest BCUT2D eigenvalue weighted by Crippen LogP contribution is -2.15. The highest BCUT2D eigenvalue weighted by Crippen LogP contribution is 2.45. The van der Waals surface area contributed by atoms with Gasteiger partial charge in [0.1, 0.15) is 5.78 Å². The molecule has 0 radical (unpaired) electrons. The molecule has 0 heterocycles. The Balaban J connectivity index is 2.06. The van der Waals surface area contributed by atoms with Crippen LogP contribution >= 0.6 is 0 Å². The van der Waals surface area contributed by atoms with E-state index in [2.05, 4.69) is 12.2 Å². The second-order valence-electron chi connectivity index (χ2n) is 4.26. The maximum Gasteiger partial charge on any atom is 0.133 e. The highest BCUT2D eigenvalue weighted by Gasteiger charge is 2.37. The SMILES string of the molecule is O=C1CCC2(CCC=CCC2)C1. The second-order valence-corrected chi connectivity index (χ2v) is 4.26. The molecule has 66 valence electrons.